The van der Waals surface area contributed by atoms with Crippen molar-refractivity contribution in [2.24, 2.45) is 0 Å². The summed E-state index contributed by atoms with van der Waals surface area (Å²) in [6.45, 7) is 0. The largest absolute Gasteiger partial charge is 0.490 e. The Balaban J connectivity index is 0.000000791. The summed E-state index contributed by atoms with van der Waals surface area (Å²) in [4.78, 5) is 25.2. The standard InChI is InChI=1S/CH4O.H3O9P3/c1-2;1-10(2)7-11(3,4)9-12(5,6)8-10/h2H,1H3;(H,1,2)(H,3,4)(H,5,6). The zero-order chi connectivity index (χ0) is 11.6. The van der Waals surface area contributed by atoms with Gasteiger partial charge in [0.15, 0.2) is 0 Å². The van der Waals surface area contributed by atoms with Crippen LogP contribution >= 0.6 is 23.5 Å². The fourth-order valence-electron chi connectivity index (χ4n) is 0.436. The Morgan fingerprint density at radius 3 is 1.00 bits per heavy atom. The minimum atomic E-state index is -4.98. The molecule has 0 amide bonds. The van der Waals surface area contributed by atoms with Crippen LogP contribution in [-0.2, 0) is 26.6 Å². The van der Waals surface area contributed by atoms with E-state index in [-0.39, 0.29) is 0 Å². The Labute approximate surface area is 77.9 Å². The van der Waals surface area contributed by atoms with Crippen LogP contribution < -0.4 is 0 Å². The number of hydrogen-bond acceptors (Lipinski definition) is 7. The first-order chi connectivity index (χ1) is 6.12. The Morgan fingerprint density at radius 1 is 0.714 bits per heavy atom. The van der Waals surface area contributed by atoms with E-state index in [1.165, 1.54) is 0 Å². The molecule has 1 aliphatic rings. The lowest BCUT2D eigenvalue weighted by molar-refractivity contribution is 0.163. The molecule has 0 radical (unpaired) electrons. The minimum absolute atomic E-state index is 1.00. The lowest BCUT2D eigenvalue weighted by Gasteiger charge is -2.23. The highest BCUT2D eigenvalue weighted by atomic mass is 31.3. The van der Waals surface area contributed by atoms with Crippen LogP contribution in [-0.4, -0.2) is 26.9 Å². The van der Waals surface area contributed by atoms with Crippen molar-refractivity contribution in [3.8, 4) is 0 Å². The molecular weight excluding hydrogens is 265 g/mol. The van der Waals surface area contributed by atoms with Crippen molar-refractivity contribution in [3.05, 3.63) is 0 Å². The van der Waals surface area contributed by atoms with Crippen molar-refractivity contribution in [1.82, 2.24) is 0 Å². The van der Waals surface area contributed by atoms with E-state index < -0.39 is 23.5 Å². The number of hydrogen-bond donors (Lipinski definition) is 4. The molecule has 0 spiro atoms. The Kier molecular flexibility index (Phi) is 4.64. The van der Waals surface area contributed by atoms with Gasteiger partial charge in [-0.15, -0.1) is 0 Å². The Hall–Kier alpha value is 0.410. The van der Waals surface area contributed by atoms with Crippen molar-refractivity contribution in [2.75, 3.05) is 7.11 Å². The van der Waals surface area contributed by atoms with Crippen LogP contribution in [0.25, 0.3) is 0 Å². The van der Waals surface area contributed by atoms with Crippen LogP contribution in [0.2, 0.25) is 0 Å². The van der Waals surface area contributed by atoms with Gasteiger partial charge in [0, 0.05) is 7.11 Å². The molecule has 1 fully saturated rings. The highest BCUT2D eigenvalue weighted by molar-refractivity contribution is 7.74. The maximum absolute atomic E-state index is 10.4. The van der Waals surface area contributed by atoms with Crippen LogP contribution in [0.1, 0.15) is 0 Å². The van der Waals surface area contributed by atoms with Crippen molar-refractivity contribution >= 4 is 23.5 Å². The van der Waals surface area contributed by atoms with E-state index in [0.717, 1.165) is 7.11 Å². The zero-order valence-corrected chi connectivity index (χ0v) is 9.26. The summed E-state index contributed by atoms with van der Waals surface area (Å²) in [5.74, 6) is 0. The molecule has 1 saturated heterocycles. The van der Waals surface area contributed by atoms with Crippen LogP contribution in [0, 0.1) is 0 Å². The maximum atomic E-state index is 10.4. The van der Waals surface area contributed by atoms with E-state index in [1.54, 1.807) is 0 Å². The average Bonchev–Trinajstić information content (AvgIpc) is 1.79. The van der Waals surface area contributed by atoms with E-state index in [1.807, 2.05) is 0 Å². The quantitative estimate of drug-likeness (QED) is 0.440. The monoisotopic (exact) mass is 272 g/mol. The zero-order valence-electron chi connectivity index (χ0n) is 6.58. The van der Waals surface area contributed by atoms with Gasteiger partial charge >= 0.3 is 23.5 Å². The summed E-state index contributed by atoms with van der Waals surface area (Å²) >= 11 is 0. The molecule has 14 heavy (non-hydrogen) atoms. The minimum Gasteiger partial charge on any atom is -0.400 e. The molecule has 0 unspecified atom stereocenters. The summed E-state index contributed by atoms with van der Waals surface area (Å²) in [5.41, 5.74) is 0. The van der Waals surface area contributed by atoms with Gasteiger partial charge in [-0.2, -0.15) is 12.9 Å². The lowest BCUT2D eigenvalue weighted by atomic mass is 11.8. The van der Waals surface area contributed by atoms with E-state index in [9.17, 15) is 13.7 Å². The summed E-state index contributed by atoms with van der Waals surface area (Å²) in [6.07, 6.45) is 0. The number of aliphatic hydroxyl groups excluding tert-OH is 1. The van der Waals surface area contributed by atoms with E-state index >= 15 is 0 Å². The van der Waals surface area contributed by atoms with Crippen molar-refractivity contribution in [1.29, 1.82) is 0 Å². The van der Waals surface area contributed by atoms with Gasteiger partial charge in [0.25, 0.3) is 0 Å². The fourth-order valence-corrected chi connectivity index (χ4v) is 4.73. The summed E-state index contributed by atoms with van der Waals surface area (Å²) < 4.78 is 41.6. The summed E-state index contributed by atoms with van der Waals surface area (Å²) in [6, 6.07) is 0. The Bertz CT molecular complexity index is 260. The number of rotatable bonds is 0. The molecule has 4 N–H and O–H groups in total. The third-order valence-corrected chi connectivity index (χ3v) is 5.57. The molecule has 0 aromatic rings. The van der Waals surface area contributed by atoms with E-state index in [4.69, 9.17) is 19.8 Å². The second kappa shape index (κ2) is 4.51. The van der Waals surface area contributed by atoms with Crippen LogP contribution in [0.4, 0.5) is 0 Å². The molecule has 13 heteroatoms. The molecule has 1 rings (SSSR count). The van der Waals surface area contributed by atoms with Crippen LogP contribution in [0.3, 0.4) is 0 Å². The van der Waals surface area contributed by atoms with Gasteiger partial charge in [0.2, 0.25) is 0 Å². The van der Waals surface area contributed by atoms with Crippen molar-refractivity contribution in [2.45, 2.75) is 0 Å². The predicted molar refractivity (Wildman–Crippen MR) is 40.9 cm³/mol. The SMILES string of the molecule is CO.O=P1(O)OP(=O)(O)OP(=O)(O)O1. The van der Waals surface area contributed by atoms with Crippen LogP contribution in [0.15, 0.2) is 0 Å². The lowest BCUT2D eigenvalue weighted by Crippen LogP contribution is -2.02. The summed E-state index contributed by atoms with van der Waals surface area (Å²) in [7, 11) is -13.9. The van der Waals surface area contributed by atoms with Gasteiger partial charge in [0.05, 0.1) is 0 Å². The number of aliphatic hydroxyl groups is 1. The molecule has 1 heterocycles. The molecule has 0 saturated carbocycles. The van der Waals surface area contributed by atoms with Gasteiger partial charge < -0.3 is 19.8 Å². The smallest absolute Gasteiger partial charge is 0.400 e. The third kappa shape index (κ3) is 4.77. The fraction of sp³-hybridized carbons (Fsp3) is 1.00. The molecule has 10 nitrogen and oxygen atoms in total. The van der Waals surface area contributed by atoms with Gasteiger partial charge in [-0.1, -0.05) is 0 Å². The second-order valence-electron chi connectivity index (χ2n) is 1.65. The van der Waals surface area contributed by atoms with Crippen LogP contribution in [0.5, 0.6) is 0 Å². The molecule has 0 bridgehead atoms. The van der Waals surface area contributed by atoms with Gasteiger partial charge in [-0.05, 0) is 0 Å². The Morgan fingerprint density at radius 2 is 0.857 bits per heavy atom. The summed E-state index contributed by atoms with van der Waals surface area (Å²) in [5, 5.41) is 7.00. The first-order valence-electron chi connectivity index (χ1n) is 2.69. The topological polar surface area (TPSA) is 160 Å². The molecule has 86 valence electrons. The normalized spacial score (nSPS) is 47.8. The average molecular weight is 272 g/mol. The first-order valence-corrected chi connectivity index (χ1v) is 7.18. The van der Waals surface area contributed by atoms with E-state index in [0.29, 0.717) is 0 Å². The third-order valence-electron chi connectivity index (χ3n) is 0.619. The molecule has 0 aromatic heterocycles. The second-order valence-corrected chi connectivity index (χ2v) is 6.42. The van der Waals surface area contributed by atoms with Crippen molar-refractivity contribution in [3.63, 3.8) is 0 Å². The number of phosphoric acid groups is 3. The molecule has 0 atom stereocenters. The molecule has 1 aliphatic heterocycles. The van der Waals surface area contributed by atoms with Crippen molar-refractivity contribution < 1.29 is 46.4 Å². The van der Waals surface area contributed by atoms with Gasteiger partial charge in [-0.3, -0.25) is 0 Å². The maximum Gasteiger partial charge on any atom is 0.490 e. The van der Waals surface area contributed by atoms with Gasteiger partial charge in [0.1, 0.15) is 0 Å². The molecule has 0 aliphatic carbocycles. The molecular formula is CH7O10P3. The van der Waals surface area contributed by atoms with E-state index in [2.05, 4.69) is 12.9 Å². The van der Waals surface area contributed by atoms with Gasteiger partial charge in [-0.25, -0.2) is 13.7 Å². The predicted octanol–water partition coefficient (Wildman–Crippen LogP) is -0.0405. The molecule has 0 aromatic carbocycles. The first kappa shape index (κ1) is 14.4. The highest BCUT2D eigenvalue weighted by Crippen LogP contribution is 2.78. The highest BCUT2D eigenvalue weighted by Gasteiger charge is 2.52.